The van der Waals surface area contributed by atoms with Crippen LogP contribution in [0.15, 0.2) is 0 Å². The fourth-order valence-corrected chi connectivity index (χ4v) is 3.14. The number of likely N-dealkylation sites (N-methyl/N-ethyl adjacent to an activating group) is 1. The van der Waals surface area contributed by atoms with Crippen molar-refractivity contribution in [3.8, 4) is 0 Å². The van der Waals surface area contributed by atoms with Gasteiger partial charge in [0.1, 0.15) is 0 Å². The molecule has 0 aromatic heterocycles. The third kappa shape index (κ3) is 4.17. The predicted molar refractivity (Wildman–Crippen MR) is 81.9 cm³/mol. The summed E-state index contributed by atoms with van der Waals surface area (Å²) in [4.78, 5) is 30.4. The lowest BCUT2D eigenvalue weighted by atomic mass is 10.0. The molecule has 6 nitrogen and oxygen atoms in total. The van der Waals surface area contributed by atoms with Gasteiger partial charge in [-0.2, -0.15) is 0 Å². The molecule has 2 fully saturated rings. The lowest BCUT2D eigenvalue weighted by Crippen LogP contribution is -2.46. The average Bonchev–Trinajstić information content (AvgIpc) is 2.85. The summed E-state index contributed by atoms with van der Waals surface area (Å²) in [5, 5.41) is 3.31. The molecule has 0 spiro atoms. The molecule has 120 valence electrons. The van der Waals surface area contributed by atoms with Gasteiger partial charge in [0.2, 0.25) is 11.8 Å². The molecule has 21 heavy (non-hydrogen) atoms. The number of nitrogens with one attached hydrogen (secondary N) is 1. The molecule has 2 aliphatic rings. The van der Waals surface area contributed by atoms with Crippen LogP contribution in [0.1, 0.15) is 19.3 Å². The Kier molecular flexibility index (Phi) is 5.58. The van der Waals surface area contributed by atoms with Crippen molar-refractivity contribution in [3.63, 3.8) is 0 Å². The molecule has 0 aromatic rings. The largest absolute Gasteiger partial charge is 0.342 e. The van der Waals surface area contributed by atoms with Gasteiger partial charge in [0, 0.05) is 39.1 Å². The number of piperidine rings is 1. The lowest BCUT2D eigenvalue weighted by molar-refractivity contribution is -0.137. The molecule has 6 heteroatoms. The number of nitrogens with zero attached hydrogens (tertiary/aromatic N) is 3. The Morgan fingerprint density at radius 2 is 1.95 bits per heavy atom. The van der Waals surface area contributed by atoms with Crippen molar-refractivity contribution < 1.29 is 9.59 Å². The highest BCUT2D eigenvalue weighted by atomic mass is 16.2. The van der Waals surface area contributed by atoms with E-state index in [1.165, 1.54) is 0 Å². The summed E-state index contributed by atoms with van der Waals surface area (Å²) in [6, 6.07) is 0.324. The highest BCUT2D eigenvalue weighted by Gasteiger charge is 2.37. The number of carbonyl (C=O) groups excluding carboxylic acids is 2. The van der Waals surface area contributed by atoms with Crippen molar-refractivity contribution in [1.29, 1.82) is 0 Å². The Labute approximate surface area is 127 Å². The number of rotatable bonds is 5. The van der Waals surface area contributed by atoms with E-state index in [-0.39, 0.29) is 17.7 Å². The van der Waals surface area contributed by atoms with Crippen LogP contribution in [0.2, 0.25) is 0 Å². The second kappa shape index (κ2) is 7.22. The molecule has 2 heterocycles. The van der Waals surface area contributed by atoms with Crippen molar-refractivity contribution in [2.24, 2.45) is 5.92 Å². The molecule has 1 atom stereocenters. The van der Waals surface area contributed by atoms with E-state index in [1.54, 1.807) is 0 Å². The van der Waals surface area contributed by atoms with E-state index < -0.39 is 0 Å². The molecule has 0 aliphatic carbocycles. The van der Waals surface area contributed by atoms with Crippen LogP contribution in [0.4, 0.5) is 0 Å². The molecule has 2 saturated heterocycles. The van der Waals surface area contributed by atoms with Crippen LogP contribution in [0.25, 0.3) is 0 Å². The monoisotopic (exact) mass is 296 g/mol. The molecular weight excluding hydrogens is 268 g/mol. The number of carbonyl (C=O) groups is 2. The van der Waals surface area contributed by atoms with Crippen LogP contribution < -0.4 is 5.32 Å². The highest BCUT2D eigenvalue weighted by Crippen LogP contribution is 2.22. The van der Waals surface area contributed by atoms with Gasteiger partial charge in [0.25, 0.3) is 0 Å². The zero-order valence-electron chi connectivity index (χ0n) is 13.5. The summed E-state index contributed by atoms with van der Waals surface area (Å²) in [6.45, 7) is 4.09. The zero-order chi connectivity index (χ0) is 15.4. The normalized spacial score (nSPS) is 23.9. The van der Waals surface area contributed by atoms with Gasteiger partial charge in [0.15, 0.2) is 0 Å². The van der Waals surface area contributed by atoms with Crippen molar-refractivity contribution in [3.05, 3.63) is 0 Å². The minimum Gasteiger partial charge on any atom is -0.342 e. The summed E-state index contributed by atoms with van der Waals surface area (Å²) in [7, 11) is 5.88. The summed E-state index contributed by atoms with van der Waals surface area (Å²) >= 11 is 0. The lowest BCUT2D eigenvalue weighted by Gasteiger charge is -2.33. The van der Waals surface area contributed by atoms with Crippen molar-refractivity contribution in [2.75, 3.05) is 53.9 Å². The van der Waals surface area contributed by atoms with E-state index in [1.807, 2.05) is 30.9 Å². The van der Waals surface area contributed by atoms with Gasteiger partial charge in [-0.3, -0.25) is 9.59 Å². The van der Waals surface area contributed by atoms with E-state index in [4.69, 9.17) is 0 Å². The third-order valence-electron chi connectivity index (χ3n) is 4.58. The van der Waals surface area contributed by atoms with Gasteiger partial charge in [-0.25, -0.2) is 0 Å². The fraction of sp³-hybridized carbons (Fsp3) is 0.867. The van der Waals surface area contributed by atoms with E-state index in [0.717, 1.165) is 32.5 Å². The number of amides is 2. The fourth-order valence-electron chi connectivity index (χ4n) is 3.14. The number of likely N-dealkylation sites (tertiary alicyclic amines) is 1. The van der Waals surface area contributed by atoms with Crippen LogP contribution in [0.5, 0.6) is 0 Å². The maximum Gasteiger partial charge on any atom is 0.227 e. The molecule has 0 aromatic carbocycles. The van der Waals surface area contributed by atoms with Gasteiger partial charge < -0.3 is 20.0 Å². The quantitative estimate of drug-likeness (QED) is 0.750. The highest BCUT2D eigenvalue weighted by molar-refractivity contribution is 5.89. The number of hydrogen-bond acceptors (Lipinski definition) is 4. The average molecular weight is 296 g/mol. The third-order valence-corrected chi connectivity index (χ3v) is 4.58. The molecule has 2 rings (SSSR count). The molecular formula is C15H28N4O2. The molecule has 1 N–H and O–H groups in total. The molecule has 2 aliphatic heterocycles. The van der Waals surface area contributed by atoms with Crippen LogP contribution in [0.3, 0.4) is 0 Å². The van der Waals surface area contributed by atoms with E-state index in [9.17, 15) is 9.59 Å². The van der Waals surface area contributed by atoms with Crippen molar-refractivity contribution in [2.45, 2.75) is 25.3 Å². The molecule has 2 amide bonds. The Balaban J connectivity index is 1.86. The van der Waals surface area contributed by atoms with Crippen molar-refractivity contribution in [1.82, 2.24) is 20.0 Å². The first-order chi connectivity index (χ1) is 9.99. The zero-order valence-corrected chi connectivity index (χ0v) is 13.5. The smallest absolute Gasteiger partial charge is 0.227 e. The second-order valence-electron chi connectivity index (χ2n) is 6.47. The van der Waals surface area contributed by atoms with Gasteiger partial charge in [-0.05, 0) is 40.0 Å². The van der Waals surface area contributed by atoms with Crippen LogP contribution in [0, 0.1) is 5.92 Å². The second-order valence-corrected chi connectivity index (χ2v) is 6.47. The van der Waals surface area contributed by atoms with Crippen LogP contribution >= 0.6 is 0 Å². The van der Waals surface area contributed by atoms with Crippen LogP contribution in [-0.2, 0) is 9.59 Å². The maximum atomic E-state index is 12.6. The van der Waals surface area contributed by atoms with Gasteiger partial charge in [0.05, 0.1) is 5.92 Å². The Morgan fingerprint density at radius 3 is 2.57 bits per heavy atom. The standard InChI is InChI=1S/C15H28N4O2/c1-17(2)8-9-19-11-12(10-14(19)20)15(21)18(3)13-4-6-16-7-5-13/h12-13,16H,4-11H2,1-3H3. The first-order valence-electron chi connectivity index (χ1n) is 7.89. The SMILES string of the molecule is CN(C)CCN1CC(C(=O)N(C)C2CCNCC2)CC1=O. The van der Waals surface area contributed by atoms with Gasteiger partial charge in [-0.1, -0.05) is 0 Å². The van der Waals surface area contributed by atoms with E-state index in [0.29, 0.717) is 25.6 Å². The van der Waals surface area contributed by atoms with E-state index >= 15 is 0 Å². The van der Waals surface area contributed by atoms with Gasteiger partial charge >= 0.3 is 0 Å². The first kappa shape index (κ1) is 16.2. The Hall–Kier alpha value is -1.14. The Bertz CT molecular complexity index is 380. The minimum absolute atomic E-state index is 0.119. The number of hydrogen-bond donors (Lipinski definition) is 1. The summed E-state index contributed by atoms with van der Waals surface area (Å²) in [6.07, 6.45) is 2.39. The molecule has 0 bridgehead atoms. The van der Waals surface area contributed by atoms with E-state index in [2.05, 4.69) is 10.2 Å². The molecule has 0 saturated carbocycles. The Morgan fingerprint density at radius 1 is 1.29 bits per heavy atom. The predicted octanol–water partition coefficient (Wildman–Crippen LogP) is -0.393. The minimum atomic E-state index is -0.153. The van der Waals surface area contributed by atoms with Crippen LogP contribution in [-0.4, -0.2) is 86.4 Å². The summed E-state index contributed by atoms with van der Waals surface area (Å²) in [5.74, 6) is 0.107. The maximum absolute atomic E-state index is 12.6. The molecule has 1 unspecified atom stereocenters. The topological polar surface area (TPSA) is 55.9 Å². The molecule has 0 radical (unpaired) electrons. The summed E-state index contributed by atoms with van der Waals surface area (Å²) < 4.78 is 0. The van der Waals surface area contributed by atoms with Crippen molar-refractivity contribution >= 4 is 11.8 Å². The first-order valence-corrected chi connectivity index (χ1v) is 7.89. The summed E-state index contributed by atoms with van der Waals surface area (Å²) in [5.41, 5.74) is 0. The van der Waals surface area contributed by atoms with Gasteiger partial charge in [-0.15, -0.1) is 0 Å².